The third kappa shape index (κ3) is 1.84. The predicted molar refractivity (Wildman–Crippen MR) is 78.3 cm³/mol. The van der Waals surface area contributed by atoms with E-state index in [1.165, 1.54) is 0 Å². The van der Waals surface area contributed by atoms with Gasteiger partial charge in [-0.1, -0.05) is 11.2 Å². The van der Waals surface area contributed by atoms with Crippen LogP contribution >= 0.6 is 0 Å². The van der Waals surface area contributed by atoms with Crippen LogP contribution in [0.3, 0.4) is 0 Å². The molecule has 2 amide bonds. The smallest absolute Gasteiger partial charge is 0.235 e. The van der Waals surface area contributed by atoms with Crippen molar-refractivity contribution in [1.29, 1.82) is 0 Å². The number of aromatic nitrogens is 1. The molecular weight excluding hydrogens is 284 g/mol. The van der Waals surface area contributed by atoms with Gasteiger partial charge in [-0.15, -0.1) is 0 Å². The normalized spacial score (nSPS) is 18.8. The van der Waals surface area contributed by atoms with E-state index in [9.17, 15) is 14.7 Å². The molecule has 3 aromatic rings. The topological polar surface area (TPSA) is 92.4 Å². The Morgan fingerprint density at radius 3 is 2.91 bits per heavy atom. The van der Waals surface area contributed by atoms with Crippen LogP contribution in [0.25, 0.3) is 21.7 Å². The first-order valence-corrected chi connectivity index (χ1v) is 6.98. The molecule has 0 spiro atoms. The van der Waals surface area contributed by atoms with Crippen molar-refractivity contribution in [2.45, 2.75) is 18.8 Å². The van der Waals surface area contributed by atoms with Crippen molar-refractivity contribution in [3.05, 3.63) is 36.0 Å². The van der Waals surface area contributed by atoms with Gasteiger partial charge in [-0.3, -0.25) is 14.9 Å². The highest BCUT2D eigenvalue weighted by molar-refractivity contribution is 6.10. The summed E-state index contributed by atoms with van der Waals surface area (Å²) in [5.41, 5.74) is 1.12. The van der Waals surface area contributed by atoms with Crippen LogP contribution in [-0.2, 0) is 9.59 Å². The van der Waals surface area contributed by atoms with Gasteiger partial charge < -0.3 is 9.63 Å². The second-order valence-corrected chi connectivity index (χ2v) is 5.42. The molecule has 1 aromatic heterocycles. The maximum atomic E-state index is 12.1. The highest BCUT2D eigenvalue weighted by atomic mass is 16.5. The minimum Gasteiger partial charge on any atom is -0.508 e. The predicted octanol–water partition coefficient (Wildman–Crippen LogP) is 2.21. The Kier molecular flexibility index (Phi) is 2.66. The van der Waals surface area contributed by atoms with Crippen molar-refractivity contribution in [2.75, 3.05) is 0 Å². The molecule has 0 unspecified atom stereocenters. The number of fused-ring (bicyclic) bond motifs is 3. The summed E-state index contributed by atoms with van der Waals surface area (Å²) in [6.07, 6.45) is 0.705. The molecule has 0 bridgehead atoms. The van der Waals surface area contributed by atoms with E-state index in [0.29, 0.717) is 17.7 Å². The second kappa shape index (κ2) is 4.56. The largest absolute Gasteiger partial charge is 0.508 e. The van der Waals surface area contributed by atoms with Crippen molar-refractivity contribution < 1.29 is 19.2 Å². The van der Waals surface area contributed by atoms with E-state index in [-0.39, 0.29) is 24.0 Å². The lowest BCUT2D eigenvalue weighted by Crippen LogP contribution is -2.39. The monoisotopic (exact) mass is 296 g/mol. The molecule has 1 aliphatic rings. The molecule has 2 aromatic carbocycles. The van der Waals surface area contributed by atoms with E-state index in [1.54, 1.807) is 24.3 Å². The number of benzene rings is 2. The fraction of sp³-hybridized carbons (Fsp3) is 0.188. The lowest BCUT2D eigenvalue weighted by Gasteiger charge is -2.19. The number of carbonyl (C=O) groups excluding carboxylic acids is 2. The number of nitrogens with one attached hydrogen (secondary N) is 1. The van der Waals surface area contributed by atoms with E-state index in [2.05, 4.69) is 10.5 Å². The van der Waals surface area contributed by atoms with Gasteiger partial charge >= 0.3 is 0 Å². The molecule has 2 heterocycles. The Morgan fingerprint density at radius 1 is 1.23 bits per heavy atom. The number of aromatic hydroxyl groups is 1. The number of hydrogen-bond donors (Lipinski definition) is 2. The summed E-state index contributed by atoms with van der Waals surface area (Å²) in [6, 6.07) is 8.61. The molecule has 1 atom stereocenters. The zero-order valence-corrected chi connectivity index (χ0v) is 11.5. The first-order valence-electron chi connectivity index (χ1n) is 6.98. The number of rotatable bonds is 1. The van der Waals surface area contributed by atoms with Crippen molar-refractivity contribution in [1.82, 2.24) is 10.5 Å². The van der Waals surface area contributed by atoms with Crippen molar-refractivity contribution in [2.24, 2.45) is 0 Å². The SMILES string of the molecule is O=C1CC[C@H](c2noc3ccc4cc(O)ccc4c23)C(=O)N1. The molecule has 0 radical (unpaired) electrons. The van der Waals surface area contributed by atoms with Gasteiger partial charge in [-0.2, -0.15) is 0 Å². The average molecular weight is 296 g/mol. The van der Waals surface area contributed by atoms with E-state index in [4.69, 9.17) is 4.52 Å². The van der Waals surface area contributed by atoms with Gasteiger partial charge in [0.2, 0.25) is 11.8 Å². The summed E-state index contributed by atoms with van der Waals surface area (Å²) in [6.45, 7) is 0. The Labute approximate surface area is 124 Å². The molecule has 1 aliphatic heterocycles. The van der Waals surface area contributed by atoms with Gasteiger partial charge in [-0.05, 0) is 41.5 Å². The van der Waals surface area contributed by atoms with Gasteiger partial charge in [0.25, 0.3) is 0 Å². The van der Waals surface area contributed by atoms with Crippen LogP contribution in [-0.4, -0.2) is 22.1 Å². The molecule has 4 rings (SSSR count). The molecule has 6 heteroatoms. The van der Waals surface area contributed by atoms with Gasteiger partial charge in [0.15, 0.2) is 5.58 Å². The van der Waals surface area contributed by atoms with Crippen molar-refractivity contribution in [3.63, 3.8) is 0 Å². The van der Waals surface area contributed by atoms with E-state index < -0.39 is 5.92 Å². The van der Waals surface area contributed by atoms with Gasteiger partial charge in [-0.25, -0.2) is 0 Å². The minimum absolute atomic E-state index is 0.172. The van der Waals surface area contributed by atoms with E-state index in [0.717, 1.165) is 16.2 Å². The minimum atomic E-state index is -0.502. The number of imide groups is 1. The third-order valence-electron chi connectivity index (χ3n) is 4.03. The molecule has 1 saturated heterocycles. The molecule has 1 fully saturated rings. The van der Waals surface area contributed by atoms with E-state index >= 15 is 0 Å². The zero-order valence-electron chi connectivity index (χ0n) is 11.5. The van der Waals surface area contributed by atoms with Crippen LogP contribution < -0.4 is 5.32 Å². The molecule has 0 saturated carbocycles. The van der Waals surface area contributed by atoms with Gasteiger partial charge in [0.05, 0.1) is 11.3 Å². The average Bonchev–Trinajstić information content (AvgIpc) is 2.91. The lowest BCUT2D eigenvalue weighted by atomic mass is 9.91. The summed E-state index contributed by atoms with van der Waals surface area (Å²) in [5, 5.41) is 18.5. The molecule has 0 aliphatic carbocycles. The summed E-state index contributed by atoms with van der Waals surface area (Å²) in [4.78, 5) is 23.4. The number of phenolic OH excluding ortho intramolecular Hbond substituents is 1. The van der Waals surface area contributed by atoms with Gasteiger partial charge in [0.1, 0.15) is 11.4 Å². The van der Waals surface area contributed by atoms with Crippen LogP contribution in [0, 0.1) is 0 Å². The second-order valence-electron chi connectivity index (χ2n) is 5.42. The highest BCUT2D eigenvalue weighted by Gasteiger charge is 2.32. The summed E-state index contributed by atoms with van der Waals surface area (Å²) < 4.78 is 5.34. The number of hydrogen-bond acceptors (Lipinski definition) is 5. The van der Waals surface area contributed by atoms with Crippen LogP contribution in [0.15, 0.2) is 34.9 Å². The molecule has 2 N–H and O–H groups in total. The first-order chi connectivity index (χ1) is 10.6. The zero-order chi connectivity index (χ0) is 15.3. The molecule has 110 valence electrons. The maximum absolute atomic E-state index is 12.1. The Hall–Kier alpha value is -2.89. The van der Waals surface area contributed by atoms with Gasteiger partial charge in [0, 0.05) is 6.42 Å². The number of piperidine rings is 1. The molecule has 22 heavy (non-hydrogen) atoms. The highest BCUT2D eigenvalue weighted by Crippen LogP contribution is 2.35. The van der Waals surface area contributed by atoms with Crippen molar-refractivity contribution >= 4 is 33.6 Å². The van der Waals surface area contributed by atoms with Crippen LogP contribution in [0.5, 0.6) is 5.75 Å². The summed E-state index contributed by atoms with van der Waals surface area (Å²) >= 11 is 0. The van der Waals surface area contributed by atoms with Crippen LogP contribution in [0.1, 0.15) is 24.5 Å². The Morgan fingerprint density at radius 2 is 2.09 bits per heavy atom. The molecular formula is C16H12N2O4. The number of carbonyl (C=O) groups is 2. The lowest BCUT2D eigenvalue weighted by molar-refractivity contribution is -0.134. The Bertz CT molecular complexity index is 928. The fourth-order valence-corrected chi connectivity index (χ4v) is 2.97. The summed E-state index contributed by atoms with van der Waals surface area (Å²) in [5.74, 6) is -0.935. The number of phenols is 1. The van der Waals surface area contributed by atoms with Crippen molar-refractivity contribution in [3.8, 4) is 5.75 Å². The van der Waals surface area contributed by atoms with Crippen LogP contribution in [0.2, 0.25) is 0 Å². The standard InChI is InChI=1S/C16H12N2O4/c19-9-2-3-10-8(7-9)1-5-12-14(10)15(18-22-12)11-4-6-13(20)17-16(11)21/h1-3,5,7,11,19H,4,6H2,(H,17,20,21)/t11-/m1/s1. The maximum Gasteiger partial charge on any atom is 0.235 e. The van der Waals surface area contributed by atoms with E-state index in [1.807, 2.05) is 6.07 Å². The Balaban J connectivity index is 1.95. The fourth-order valence-electron chi connectivity index (χ4n) is 2.97. The quantitative estimate of drug-likeness (QED) is 0.672. The third-order valence-corrected chi connectivity index (χ3v) is 4.03. The first kappa shape index (κ1) is 12.8. The number of amides is 2. The van der Waals surface area contributed by atoms with Crippen LogP contribution in [0.4, 0.5) is 0 Å². The summed E-state index contributed by atoms with van der Waals surface area (Å²) in [7, 11) is 0. The number of nitrogens with zero attached hydrogens (tertiary/aromatic N) is 1. The molecule has 6 nitrogen and oxygen atoms in total.